The van der Waals surface area contributed by atoms with Gasteiger partial charge in [-0.3, -0.25) is 9.59 Å². The van der Waals surface area contributed by atoms with Crippen LogP contribution in [0.15, 0.2) is 54.6 Å². The lowest BCUT2D eigenvalue weighted by molar-refractivity contribution is -0.132. The molecule has 1 aliphatic rings. The van der Waals surface area contributed by atoms with Crippen molar-refractivity contribution >= 4 is 28.9 Å². The van der Waals surface area contributed by atoms with E-state index in [2.05, 4.69) is 10.2 Å². The Hall–Kier alpha value is -3.06. The second-order valence-electron chi connectivity index (χ2n) is 7.14. The van der Waals surface area contributed by atoms with Crippen LogP contribution in [-0.4, -0.2) is 70.2 Å². The number of carbonyl (C=O) groups excluding carboxylic acids is 2. The van der Waals surface area contributed by atoms with Gasteiger partial charge in [0, 0.05) is 44.2 Å². The van der Waals surface area contributed by atoms with Crippen molar-refractivity contribution in [3.05, 3.63) is 54.6 Å². The smallest absolute Gasteiger partial charge is 0.243 e. The van der Waals surface area contributed by atoms with Crippen LogP contribution < -0.4 is 15.1 Å². The summed E-state index contributed by atoms with van der Waals surface area (Å²) in [5.74, 6) is -0.337. The molecule has 1 aliphatic heterocycles. The minimum absolute atomic E-state index is 0.00663. The minimum atomic E-state index is -0.220. The van der Waals surface area contributed by atoms with Crippen LogP contribution in [0.4, 0.5) is 17.1 Å². The Labute approximate surface area is 171 Å². The molecular formula is C22H28N4O3. The lowest BCUT2D eigenvalue weighted by atomic mass is 10.2. The van der Waals surface area contributed by atoms with E-state index in [0.29, 0.717) is 5.69 Å². The zero-order chi connectivity index (χ0) is 20.6. The molecule has 154 valence electrons. The maximum Gasteiger partial charge on any atom is 0.243 e. The van der Waals surface area contributed by atoms with Gasteiger partial charge in [-0.1, -0.05) is 18.2 Å². The summed E-state index contributed by atoms with van der Waals surface area (Å²) in [6.45, 7) is 3.43. The number of ether oxygens (including phenoxy) is 1. The van der Waals surface area contributed by atoms with Crippen molar-refractivity contribution in [2.24, 2.45) is 0 Å². The molecule has 0 spiro atoms. The van der Waals surface area contributed by atoms with Crippen molar-refractivity contribution in [2.45, 2.75) is 0 Å². The van der Waals surface area contributed by atoms with Crippen LogP contribution in [0.3, 0.4) is 0 Å². The van der Waals surface area contributed by atoms with E-state index in [0.717, 1.165) is 37.7 Å². The van der Waals surface area contributed by atoms with Crippen molar-refractivity contribution in [2.75, 3.05) is 68.6 Å². The Morgan fingerprint density at radius 3 is 2.28 bits per heavy atom. The van der Waals surface area contributed by atoms with Gasteiger partial charge in [-0.2, -0.15) is 0 Å². The largest absolute Gasteiger partial charge is 0.378 e. The highest BCUT2D eigenvalue weighted by Crippen LogP contribution is 2.19. The van der Waals surface area contributed by atoms with Gasteiger partial charge >= 0.3 is 0 Å². The first-order valence-electron chi connectivity index (χ1n) is 9.75. The van der Waals surface area contributed by atoms with E-state index in [1.807, 2.05) is 66.5 Å². The number of nitrogens with zero attached hydrogens (tertiary/aromatic N) is 3. The first-order chi connectivity index (χ1) is 14.0. The number of para-hydroxylation sites is 1. The molecule has 2 amide bonds. The summed E-state index contributed by atoms with van der Waals surface area (Å²) in [4.78, 5) is 30.3. The molecule has 1 saturated heterocycles. The quantitative estimate of drug-likeness (QED) is 0.776. The number of morpholine rings is 1. The third kappa shape index (κ3) is 5.96. The van der Waals surface area contributed by atoms with Crippen molar-refractivity contribution in [1.29, 1.82) is 0 Å². The van der Waals surface area contributed by atoms with Gasteiger partial charge in [0.1, 0.15) is 0 Å². The second kappa shape index (κ2) is 9.93. The van der Waals surface area contributed by atoms with Gasteiger partial charge in [-0.05, 0) is 36.4 Å². The van der Waals surface area contributed by atoms with Crippen LogP contribution in [0, 0.1) is 0 Å². The second-order valence-corrected chi connectivity index (χ2v) is 7.14. The minimum Gasteiger partial charge on any atom is -0.378 e. The topological polar surface area (TPSA) is 65.1 Å². The van der Waals surface area contributed by atoms with Gasteiger partial charge in [0.05, 0.1) is 26.3 Å². The van der Waals surface area contributed by atoms with Gasteiger partial charge in [-0.25, -0.2) is 0 Å². The third-order valence-corrected chi connectivity index (χ3v) is 4.90. The summed E-state index contributed by atoms with van der Waals surface area (Å²) in [7, 11) is 3.50. The lowest BCUT2D eigenvalue weighted by Crippen LogP contribution is -2.40. The Balaban J connectivity index is 1.47. The van der Waals surface area contributed by atoms with E-state index in [4.69, 9.17) is 4.74 Å². The van der Waals surface area contributed by atoms with Gasteiger partial charge in [0.15, 0.2) is 0 Å². The molecule has 2 aromatic rings. The SMILES string of the molecule is CN(CC(=O)Nc1ccc(N2CCOCC2)cc1)C(=O)CN(C)c1ccccc1. The van der Waals surface area contributed by atoms with Crippen LogP contribution in [0.5, 0.6) is 0 Å². The highest BCUT2D eigenvalue weighted by atomic mass is 16.5. The average Bonchev–Trinajstić information content (AvgIpc) is 2.75. The molecule has 0 aliphatic carbocycles. The molecular weight excluding hydrogens is 368 g/mol. The molecule has 1 heterocycles. The van der Waals surface area contributed by atoms with E-state index in [-0.39, 0.29) is 24.9 Å². The van der Waals surface area contributed by atoms with Gasteiger partial charge < -0.3 is 24.8 Å². The van der Waals surface area contributed by atoms with E-state index >= 15 is 0 Å². The molecule has 0 radical (unpaired) electrons. The molecule has 0 aromatic heterocycles. The van der Waals surface area contributed by atoms with Crippen molar-refractivity contribution in [1.82, 2.24) is 4.90 Å². The summed E-state index contributed by atoms with van der Waals surface area (Å²) in [5, 5.41) is 2.85. The fraction of sp³-hybridized carbons (Fsp3) is 0.364. The highest BCUT2D eigenvalue weighted by Gasteiger charge is 2.16. The van der Waals surface area contributed by atoms with Crippen molar-refractivity contribution in [3.63, 3.8) is 0 Å². The third-order valence-electron chi connectivity index (χ3n) is 4.90. The highest BCUT2D eigenvalue weighted by molar-refractivity contribution is 5.95. The number of likely N-dealkylation sites (N-methyl/N-ethyl adjacent to an activating group) is 2. The fourth-order valence-electron chi connectivity index (χ4n) is 3.18. The molecule has 7 nitrogen and oxygen atoms in total. The number of nitrogens with one attached hydrogen (secondary N) is 1. The van der Waals surface area contributed by atoms with Gasteiger partial charge in [0.25, 0.3) is 0 Å². The maximum atomic E-state index is 12.4. The standard InChI is InChI=1S/C22H28N4O3/c1-24(19-6-4-3-5-7-19)17-22(28)25(2)16-21(27)23-18-8-10-20(11-9-18)26-12-14-29-15-13-26/h3-11H,12-17H2,1-2H3,(H,23,27). The van der Waals surface area contributed by atoms with Crippen molar-refractivity contribution < 1.29 is 14.3 Å². The predicted octanol–water partition coefficient (Wildman–Crippen LogP) is 2.06. The molecule has 0 bridgehead atoms. The average molecular weight is 396 g/mol. The zero-order valence-electron chi connectivity index (χ0n) is 17.0. The Morgan fingerprint density at radius 2 is 1.62 bits per heavy atom. The summed E-state index contributed by atoms with van der Waals surface area (Å²) >= 11 is 0. The molecule has 1 N–H and O–H groups in total. The molecule has 7 heteroatoms. The Kier molecular flexibility index (Phi) is 7.08. The normalized spacial score (nSPS) is 13.7. The first-order valence-corrected chi connectivity index (χ1v) is 9.75. The number of rotatable bonds is 7. The predicted molar refractivity (Wildman–Crippen MR) is 115 cm³/mol. The first kappa shape index (κ1) is 20.7. The van der Waals surface area contributed by atoms with Gasteiger partial charge in [0.2, 0.25) is 11.8 Å². The molecule has 0 unspecified atom stereocenters. The molecule has 0 atom stereocenters. The van der Waals surface area contributed by atoms with Crippen LogP contribution in [0.2, 0.25) is 0 Å². The van der Waals surface area contributed by atoms with E-state index in [1.54, 1.807) is 7.05 Å². The Morgan fingerprint density at radius 1 is 0.966 bits per heavy atom. The monoisotopic (exact) mass is 396 g/mol. The van der Waals surface area contributed by atoms with Gasteiger partial charge in [-0.15, -0.1) is 0 Å². The van der Waals surface area contributed by atoms with Crippen LogP contribution in [0.1, 0.15) is 0 Å². The molecule has 1 fully saturated rings. The fourth-order valence-corrected chi connectivity index (χ4v) is 3.18. The Bertz CT molecular complexity index is 805. The molecule has 29 heavy (non-hydrogen) atoms. The van der Waals surface area contributed by atoms with E-state index < -0.39 is 0 Å². The number of hydrogen-bond donors (Lipinski definition) is 1. The molecule has 0 saturated carbocycles. The van der Waals surface area contributed by atoms with Crippen LogP contribution in [-0.2, 0) is 14.3 Å². The number of carbonyl (C=O) groups is 2. The van der Waals surface area contributed by atoms with Crippen molar-refractivity contribution in [3.8, 4) is 0 Å². The summed E-state index contributed by atoms with van der Waals surface area (Å²) < 4.78 is 5.37. The summed E-state index contributed by atoms with van der Waals surface area (Å²) in [6.07, 6.45) is 0. The lowest BCUT2D eigenvalue weighted by Gasteiger charge is -2.29. The summed E-state index contributed by atoms with van der Waals surface area (Å²) in [5.41, 5.74) is 2.79. The number of amides is 2. The molecule has 3 rings (SSSR count). The van der Waals surface area contributed by atoms with E-state index in [1.165, 1.54) is 4.90 Å². The number of benzene rings is 2. The van der Waals surface area contributed by atoms with Crippen LogP contribution >= 0.6 is 0 Å². The van der Waals surface area contributed by atoms with E-state index in [9.17, 15) is 9.59 Å². The van der Waals surface area contributed by atoms with Crippen LogP contribution in [0.25, 0.3) is 0 Å². The number of anilines is 3. The number of hydrogen-bond acceptors (Lipinski definition) is 5. The summed E-state index contributed by atoms with van der Waals surface area (Å²) in [6, 6.07) is 17.4. The zero-order valence-corrected chi connectivity index (χ0v) is 17.0. The maximum absolute atomic E-state index is 12.4. The molecule has 2 aromatic carbocycles.